The Morgan fingerprint density at radius 3 is 2.74 bits per heavy atom. The minimum Gasteiger partial charge on any atom is -0.361 e. The van der Waals surface area contributed by atoms with Gasteiger partial charge in [-0.3, -0.25) is 9.59 Å². The maximum absolute atomic E-state index is 13.2. The molecule has 138 valence electrons. The van der Waals surface area contributed by atoms with Crippen LogP contribution in [0.2, 0.25) is 0 Å². The maximum atomic E-state index is 13.2. The number of rotatable bonds is 5. The van der Waals surface area contributed by atoms with Crippen molar-refractivity contribution in [3.63, 3.8) is 0 Å². The molecule has 0 saturated heterocycles. The molecule has 0 aliphatic carbocycles. The second kappa shape index (κ2) is 6.91. The van der Waals surface area contributed by atoms with E-state index in [9.17, 15) is 9.59 Å². The minimum absolute atomic E-state index is 0.0637. The van der Waals surface area contributed by atoms with Gasteiger partial charge in [0, 0.05) is 29.2 Å². The summed E-state index contributed by atoms with van der Waals surface area (Å²) in [7, 11) is 0. The lowest BCUT2D eigenvalue weighted by atomic mass is 10.0. The highest BCUT2D eigenvalue weighted by Gasteiger charge is 2.36. The fraction of sp³-hybridized carbons (Fsp3) is 0.273. The molecule has 0 radical (unpaired) electrons. The van der Waals surface area contributed by atoms with E-state index in [4.69, 9.17) is 0 Å². The van der Waals surface area contributed by atoms with Gasteiger partial charge in [0.15, 0.2) is 0 Å². The fourth-order valence-electron chi connectivity index (χ4n) is 3.76. The van der Waals surface area contributed by atoms with Crippen LogP contribution in [0, 0.1) is 5.92 Å². The highest BCUT2D eigenvalue weighted by molar-refractivity contribution is 6.06. The zero-order valence-electron chi connectivity index (χ0n) is 15.5. The van der Waals surface area contributed by atoms with Crippen LogP contribution in [0.3, 0.4) is 0 Å². The Kier molecular flexibility index (Phi) is 4.44. The van der Waals surface area contributed by atoms with Crippen molar-refractivity contribution in [3.8, 4) is 0 Å². The van der Waals surface area contributed by atoms with E-state index in [1.165, 1.54) is 0 Å². The van der Waals surface area contributed by atoms with E-state index in [-0.39, 0.29) is 11.8 Å². The van der Waals surface area contributed by atoms with Gasteiger partial charge in [-0.25, -0.2) is 0 Å². The molecule has 0 bridgehead atoms. The van der Waals surface area contributed by atoms with Crippen molar-refractivity contribution in [1.82, 2.24) is 9.88 Å². The molecule has 1 atom stereocenters. The molecule has 27 heavy (non-hydrogen) atoms. The average molecular weight is 361 g/mol. The molecule has 1 aromatic heterocycles. The number of H-pyrrole nitrogens is 1. The summed E-state index contributed by atoms with van der Waals surface area (Å²) in [6, 6.07) is 14.8. The molecular formula is C22H23N3O2. The molecule has 0 saturated carbocycles. The van der Waals surface area contributed by atoms with Crippen molar-refractivity contribution < 1.29 is 9.59 Å². The van der Waals surface area contributed by atoms with Gasteiger partial charge >= 0.3 is 0 Å². The van der Waals surface area contributed by atoms with E-state index in [0.29, 0.717) is 24.4 Å². The first kappa shape index (κ1) is 17.3. The van der Waals surface area contributed by atoms with Gasteiger partial charge in [0.2, 0.25) is 5.91 Å². The van der Waals surface area contributed by atoms with E-state index in [1.54, 1.807) is 4.90 Å². The second-order valence-corrected chi connectivity index (χ2v) is 7.47. The van der Waals surface area contributed by atoms with E-state index in [2.05, 4.69) is 24.1 Å². The van der Waals surface area contributed by atoms with Crippen molar-refractivity contribution >= 4 is 28.4 Å². The number of nitrogens with zero attached hydrogens (tertiary/aromatic N) is 1. The molecule has 0 spiro atoms. The molecule has 2 heterocycles. The lowest BCUT2D eigenvalue weighted by Crippen LogP contribution is -2.45. The Balaban J connectivity index is 1.62. The normalized spacial score (nSPS) is 14.6. The smallest absolute Gasteiger partial charge is 0.255 e. The summed E-state index contributed by atoms with van der Waals surface area (Å²) in [5.74, 6) is 0.0881. The Bertz CT molecular complexity index is 1010. The summed E-state index contributed by atoms with van der Waals surface area (Å²) in [6.07, 6.45) is 2.47. The van der Waals surface area contributed by atoms with Crippen molar-refractivity contribution in [3.05, 3.63) is 65.9 Å². The number of aromatic nitrogens is 1. The zero-order chi connectivity index (χ0) is 19.0. The lowest BCUT2D eigenvalue weighted by molar-refractivity contribution is -0.121. The van der Waals surface area contributed by atoms with Gasteiger partial charge < -0.3 is 15.2 Å². The Labute approximate surface area is 158 Å². The Hall–Kier alpha value is -3.08. The number of nitrogens with one attached hydrogen (secondary N) is 2. The number of hydrogen-bond acceptors (Lipinski definition) is 2. The van der Waals surface area contributed by atoms with E-state index in [1.807, 2.05) is 54.7 Å². The van der Waals surface area contributed by atoms with E-state index in [0.717, 1.165) is 22.2 Å². The summed E-state index contributed by atoms with van der Waals surface area (Å²) in [5.41, 5.74) is 3.41. The molecule has 3 aromatic rings. The van der Waals surface area contributed by atoms with Crippen LogP contribution in [-0.2, 0) is 11.3 Å². The number of carbonyl (C=O) groups excluding carboxylic acids is 2. The number of carbonyl (C=O) groups is 2. The fourth-order valence-corrected chi connectivity index (χ4v) is 3.76. The Morgan fingerprint density at radius 1 is 1.15 bits per heavy atom. The molecule has 1 aliphatic rings. The first-order valence-electron chi connectivity index (χ1n) is 9.30. The van der Waals surface area contributed by atoms with E-state index < -0.39 is 6.04 Å². The first-order chi connectivity index (χ1) is 13.0. The van der Waals surface area contributed by atoms with Crippen molar-refractivity contribution in [2.75, 3.05) is 5.32 Å². The predicted octanol–water partition coefficient (Wildman–Crippen LogP) is 4.18. The zero-order valence-corrected chi connectivity index (χ0v) is 15.5. The van der Waals surface area contributed by atoms with Crippen molar-refractivity contribution in [1.29, 1.82) is 0 Å². The standard InChI is InChI=1S/C22H23N3O2/c1-14(2)12-20(25-13-15-6-3-4-7-16(15)22(25)27)21(26)24-19-9-5-8-18-17(19)10-11-23-18/h3-11,14,20,23H,12-13H2,1-2H3,(H,24,26)/t20-/m1/s1. The highest BCUT2D eigenvalue weighted by Crippen LogP contribution is 2.28. The number of anilines is 1. The van der Waals surface area contributed by atoms with Crippen LogP contribution in [0.25, 0.3) is 10.9 Å². The highest BCUT2D eigenvalue weighted by atomic mass is 16.2. The third-order valence-corrected chi connectivity index (χ3v) is 5.08. The number of fused-ring (bicyclic) bond motifs is 2. The van der Waals surface area contributed by atoms with Gasteiger partial charge in [0.25, 0.3) is 5.91 Å². The molecule has 0 unspecified atom stereocenters. The van der Waals surface area contributed by atoms with Crippen LogP contribution >= 0.6 is 0 Å². The molecular weight excluding hydrogens is 338 g/mol. The molecule has 5 nitrogen and oxygen atoms in total. The quantitative estimate of drug-likeness (QED) is 0.716. The van der Waals surface area contributed by atoms with Crippen LogP contribution in [0.5, 0.6) is 0 Å². The summed E-state index contributed by atoms with van der Waals surface area (Å²) in [5, 5.41) is 4.01. The maximum Gasteiger partial charge on any atom is 0.255 e. The Morgan fingerprint density at radius 2 is 1.96 bits per heavy atom. The summed E-state index contributed by atoms with van der Waals surface area (Å²) in [6.45, 7) is 4.62. The van der Waals surface area contributed by atoms with Gasteiger partial charge in [0.05, 0.1) is 5.69 Å². The first-order valence-corrected chi connectivity index (χ1v) is 9.30. The second-order valence-electron chi connectivity index (χ2n) is 7.47. The van der Waals surface area contributed by atoms with Crippen LogP contribution in [0.15, 0.2) is 54.7 Å². The monoisotopic (exact) mass is 361 g/mol. The third kappa shape index (κ3) is 3.21. The molecule has 2 amide bonds. The summed E-state index contributed by atoms with van der Waals surface area (Å²) >= 11 is 0. The van der Waals surface area contributed by atoms with Crippen molar-refractivity contribution in [2.24, 2.45) is 5.92 Å². The van der Waals surface area contributed by atoms with Crippen LogP contribution in [-0.4, -0.2) is 27.7 Å². The lowest BCUT2D eigenvalue weighted by Gasteiger charge is -2.28. The summed E-state index contributed by atoms with van der Waals surface area (Å²) < 4.78 is 0. The summed E-state index contributed by atoms with van der Waals surface area (Å²) in [4.78, 5) is 30.9. The largest absolute Gasteiger partial charge is 0.361 e. The van der Waals surface area contributed by atoms with Gasteiger partial charge in [-0.05, 0) is 42.2 Å². The van der Waals surface area contributed by atoms with Crippen LogP contribution < -0.4 is 5.32 Å². The van der Waals surface area contributed by atoms with Gasteiger partial charge in [-0.1, -0.05) is 38.1 Å². The number of hydrogen-bond donors (Lipinski definition) is 2. The topological polar surface area (TPSA) is 65.2 Å². The van der Waals surface area contributed by atoms with Crippen LogP contribution in [0.4, 0.5) is 5.69 Å². The molecule has 1 aliphatic heterocycles. The SMILES string of the molecule is CC(C)C[C@H](C(=O)Nc1cccc2[nH]ccc12)N1Cc2ccccc2C1=O. The molecule has 4 rings (SSSR count). The van der Waals surface area contributed by atoms with Gasteiger partial charge in [-0.2, -0.15) is 0 Å². The number of amides is 2. The van der Waals surface area contributed by atoms with Gasteiger partial charge in [0.1, 0.15) is 6.04 Å². The number of benzene rings is 2. The minimum atomic E-state index is -0.501. The van der Waals surface area contributed by atoms with Gasteiger partial charge in [-0.15, -0.1) is 0 Å². The average Bonchev–Trinajstić information content (AvgIpc) is 3.25. The molecule has 0 fully saturated rings. The van der Waals surface area contributed by atoms with Crippen LogP contribution in [0.1, 0.15) is 36.2 Å². The predicted molar refractivity (Wildman–Crippen MR) is 106 cm³/mol. The molecule has 5 heteroatoms. The van der Waals surface area contributed by atoms with Crippen molar-refractivity contribution in [2.45, 2.75) is 32.9 Å². The number of aromatic amines is 1. The third-order valence-electron chi connectivity index (χ3n) is 5.08. The molecule has 2 N–H and O–H groups in total. The van der Waals surface area contributed by atoms with E-state index >= 15 is 0 Å². The molecule has 2 aromatic carbocycles.